The van der Waals surface area contributed by atoms with Crippen LogP contribution in [0.15, 0.2) is 59.3 Å². The third kappa shape index (κ3) is 1.77. The molecule has 3 rings (SSSR count). The second kappa shape index (κ2) is 4.42. The standard InChI is InChI=1S/C15H10BrNO/c16-15-12-8-4-7-11(10-5-2-1-3-6-10)14(12)13(18)9-17-15/h1-9,18H. The topological polar surface area (TPSA) is 33.1 Å². The molecule has 2 aromatic carbocycles. The maximum atomic E-state index is 10.1. The zero-order valence-corrected chi connectivity index (χ0v) is 11.1. The average molecular weight is 300 g/mol. The molecule has 0 aliphatic carbocycles. The van der Waals surface area contributed by atoms with Crippen LogP contribution in [0.1, 0.15) is 0 Å². The van der Waals surface area contributed by atoms with Crippen molar-refractivity contribution < 1.29 is 5.11 Å². The average Bonchev–Trinajstić information content (AvgIpc) is 2.43. The van der Waals surface area contributed by atoms with Crippen LogP contribution in [-0.4, -0.2) is 10.1 Å². The molecule has 0 bridgehead atoms. The first-order valence-corrected chi connectivity index (χ1v) is 6.38. The van der Waals surface area contributed by atoms with Crippen molar-refractivity contribution in [2.75, 3.05) is 0 Å². The van der Waals surface area contributed by atoms with Crippen molar-refractivity contribution in [3.63, 3.8) is 0 Å². The van der Waals surface area contributed by atoms with E-state index in [1.807, 2.05) is 48.5 Å². The SMILES string of the molecule is Oc1cnc(Br)c2cccc(-c3ccccc3)c12. The summed E-state index contributed by atoms with van der Waals surface area (Å²) in [5, 5.41) is 11.8. The number of fused-ring (bicyclic) bond motifs is 1. The number of hydrogen-bond acceptors (Lipinski definition) is 2. The Morgan fingerprint density at radius 1 is 0.944 bits per heavy atom. The van der Waals surface area contributed by atoms with Gasteiger partial charge in [0.15, 0.2) is 0 Å². The molecule has 0 radical (unpaired) electrons. The van der Waals surface area contributed by atoms with Crippen molar-refractivity contribution in [2.45, 2.75) is 0 Å². The quantitative estimate of drug-likeness (QED) is 0.677. The third-order valence-corrected chi connectivity index (χ3v) is 3.56. The first-order valence-electron chi connectivity index (χ1n) is 5.59. The molecular weight excluding hydrogens is 290 g/mol. The summed E-state index contributed by atoms with van der Waals surface area (Å²) < 4.78 is 0.744. The van der Waals surface area contributed by atoms with Gasteiger partial charge in [0, 0.05) is 10.8 Å². The Hall–Kier alpha value is -1.87. The van der Waals surface area contributed by atoms with E-state index in [0.29, 0.717) is 0 Å². The summed E-state index contributed by atoms with van der Waals surface area (Å²) >= 11 is 3.42. The molecule has 0 aliphatic rings. The lowest BCUT2D eigenvalue weighted by atomic mass is 9.99. The maximum Gasteiger partial charge on any atom is 0.142 e. The van der Waals surface area contributed by atoms with Crippen molar-refractivity contribution in [2.24, 2.45) is 0 Å². The highest BCUT2D eigenvalue weighted by Gasteiger charge is 2.10. The molecule has 88 valence electrons. The smallest absolute Gasteiger partial charge is 0.142 e. The Morgan fingerprint density at radius 3 is 2.50 bits per heavy atom. The molecule has 2 nitrogen and oxygen atoms in total. The molecule has 0 saturated heterocycles. The Balaban J connectivity index is 2.41. The van der Waals surface area contributed by atoms with Gasteiger partial charge in [-0.3, -0.25) is 0 Å². The van der Waals surface area contributed by atoms with Gasteiger partial charge in [-0.05, 0) is 27.1 Å². The third-order valence-electron chi connectivity index (χ3n) is 2.93. The number of aromatic nitrogens is 1. The molecule has 0 saturated carbocycles. The van der Waals surface area contributed by atoms with Crippen LogP contribution in [0.3, 0.4) is 0 Å². The monoisotopic (exact) mass is 299 g/mol. The number of nitrogens with zero attached hydrogens (tertiary/aromatic N) is 1. The molecule has 3 aromatic rings. The fraction of sp³-hybridized carbons (Fsp3) is 0. The Labute approximate surface area is 113 Å². The molecule has 0 spiro atoms. The van der Waals surface area contributed by atoms with E-state index >= 15 is 0 Å². The van der Waals surface area contributed by atoms with Crippen LogP contribution in [0, 0.1) is 0 Å². The van der Waals surface area contributed by atoms with Crippen molar-refractivity contribution in [1.29, 1.82) is 0 Å². The summed E-state index contributed by atoms with van der Waals surface area (Å²) in [6, 6.07) is 15.9. The molecule has 0 aliphatic heterocycles. The zero-order chi connectivity index (χ0) is 12.5. The lowest BCUT2D eigenvalue weighted by Gasteiger charge is -2.09. The van der Waals surface area contributed by atoms with Gasteiger partial charge >= 0.3 is 0 Å². The molecule has 0 unspecified atom stereocenters. The molecule has 0 atom stereocenters. The molecule has 0 amide bonds. The van der Waals surface area contributed by atoms with Gasteiger partial charge in [0.1, 0.15) is 10.4 Å². The van der Waals surface area contributed by atoms with Gasteiger partial charge in [-0.2, -0.15) is 0 Å². The summed E-state index contributed by atoms with van der Waals surface area (Å²) in [7, 11) is 0. The van der Waals surface area contributed by atoms with Crippen LogP contribution in [0.5, 0.6) is 5.75 Å². The Bertz CT molecular complexity index is 710. The van der Waals surface area contributed by atoms with E-state index in [0.717, 1.165) is 26.5 Å². The summed E-state index contributed by atoms with van der Waals surface area (Å²) in [6.45, 7) is 0. The van der Waals surface area contributed by atoms with Crippen LogP contribution in [0.25, 0.3) is 21.9 Å². The highest BCUT2D eigenvalue weighted by molar-refractivity contribution is 9.10. The van der Waals surface area contributed by atoms with Crippen molar-refractivity contribution >= 4 is 26.7 Å². The number of halogens is 1. The predicted octanol–water partition coefficient (Wildman–Crippen LogP) is 4.37. The second-order valence-electron chi connectivity index (χ2n) is 4.03. The first-order chi connectivity index (χ1) is 8.77. The summed E-state index contributed by atoms with van der Waals surface area (Å²) in [4.78, 5) is 4.11. The largest absolute Gasteiger partial charge is 0.506 e. The van der Waals surface area contributed by atoms with Gasteiger partial charge in [-0.15, -0.1) is 0 Å². The first kappa shape index (κ1) is 11.2. The molecule has 3 heteroatoms. The number of hydrogen-bond donors (Lipinski definition) is 1. The zero-order valence-electron chi connectivity index (χ0n) is 9.47. The van der Waals surface area contributed by atoms with E-state index in [4.69, 9.17) is 0 Å². The molecule has 1 aromatic heterocycles. The minimum Gasteiger partial charge on any atom is -0.506 e. The molecular formula is C15H10BrNO. The summed E-state index contributed by atoms with van der Waals surface area (Å²) in [6.07, 6.45) is 1.47. The van der Waals surface area contributed by atoms with Crippen molar-refractivity contribution in [1.82, 2.24) is 4.98 Å². The van der Waals surface area contributed by atoms with Gasteiger partial charge in [0.05, 0.1) is 6.20 Å². The maximum absolute atomic E-state index is 10.1. The molecule has 1 heterocycles. The van der Waals surface area contributed by atoms with E-state index in [2.05, 4.69) is 20.9 Å². The fourth-order valence-electron chi connectivity index (χ4n) is 2.11. The number of pyridine rings is 1. The van der Waals surface area contributed by atoms with Gasteiger partial charge in [0.25, 0.3) is 0 Å². The highest BCUT2D eigenvalue weighted by atomic mass is 79.9. The Morgan fingerprint density at radius 2 is 1.72 bits per heavy atom. The van der Waals surface area contributed by atoms with Gasteiger partial charge in [-0.1, -0.05) is 48.5 Å². The van der Waals surface area contributed by atoms with Crippen LogP contribution in [0.4, 0.5) is 0 Å². The Kier molecular flexibility index (Phi) is 2.76. The van der Waals surface area contributed by atoms with Crippen molar-refractivity contribution in [3.8, 4) is 16.9 Å². The molecule has 18 heavy (non-hydrogen) atoms. The molecule has 1 N–H and O–H groups in total. The minimum atomic E-state index is 0.202. The highest BCUT2D eigenvalue weighted by Crippen LogP contribution is 2.36. The van der Waals surface area contributed by atoms with E-state index < -0.39 is 0 Å². The molecule has 0 fully saturated rings. The predicted molar refractivity (Wildman–Crippen MR) is 76.5 cm³/mol. The second-order valence-corrected chi connectivity index (χ2v) is 4.78. The lowest BCUT2D eigenvalue weighted by molar-refractivity contribution is 0.479. The van der Waals surface area contributed by atoms with E-state index in [1.165, 1.54) is 6.20 Å². The van der Waals surface area contributed by atoms with Crippen LogP contribution >= 0.6 is 15.9 Å². The number of benzene rings is 2. The van der Waals surface area contributed by atoms with Gasteiger partial charge < -0.3 is 5.11 Å². The summed E-state index contributed by atoms with van der Waals surface area (Å²) in [5.74, 6) is 0.202. The van der Waals surface area contributed by atoms with Gasteiger partial charge in [-0.25, -0.2) is 4.98 Å². The van der Waals surface area contributed by atoms with Crippen molar-refractivity contribution in [3.05, 3.63) is 59.3 Å². The van der Waals surface area contributed by atoms with Crippen LogP contribution in [-0.2, 0) is 0 Å². The van der Waals surface area contributed by atoms with E-state index in [9.17, 15) is 5.11 Å². The fourth-order valence-corrected chi connectivity index (χ4v) is 2.54. The number of rotatable bonds is 1. The van der Waals surface area contributed by atoms with E-state index in [1.54, 1.807) is 0 Å². The van der Waals surface area contributed by atoms with Gasteiger partial charge in [0.2, 0.25) is 0 Å². The van der Waals surface area contributed by atoms with Crippen LogP contribution < -0.4 is 0 Å². The minimum absolute atomic E-state index is 0.202. The summed E-state index contributed by atoms with van der Waals surface area (Å²) in [5.41, 5.74) is 2.09. The van der Waals surface area contributed by atoms with E-state index in [-0.39, 0.29) is 5.75 Å². The lowest BCUT2D eigenvalue weighted by Crippen LogP contribution is -1.85. The van der Waals surface area contributed by atoms with Crippen LogP contribution in [0.2, 0.25) is 0 Å². The normalized spacial score (nSPS) is 10.7. The number of aromatic hydroxyl groups is 1.